The molecule has 0 saturated heterocycles. The van der Waals surface area contributed by atoms with Crippen LogP contribution in [0.4, 0.5) is 5.69 Å². The Kier molecular flexibility index (Phi) is 5.65. The van der Waals surface area contributed by atoms with E-state index in [0.717, 1.165) is 0 Å². The molecule has 0 aliphatic heterocycles. The van der Waals surface area contributed by atoms with Crippen molar-refractivity contribution in [2.75, 3.05) is 11.8 Å². The van der Waals surface area contributed by atoms with E-state index in [4.69, 9.17) is 4.74 Å². The highest BCUT2D eigenvalue weighted by Gasteiger charge is 2.14. The number of nitrogens with zero attached hydrogens (tertiary/aromatic N) is 1. The zero-order valence-corrected chi connectivity index (χ0v) is 17.8. The minimum Gasteiger partial charge on any atom is -0.507 e. The second-order valence-electron chi connectivity index (χ2n) is 6.86. The van der Waals surface area contributed by atoms with Crippen LogP contribution in [0.15, 0.2) is 82.5 Å². The van der Waals surface area contributed by atoms with E-state index in [1.165, 1.54) is 49.6 Å². The molecule has 4 rings (SSSR count). The highest BCUT2D eigenvalue weighted by Crippen LogP contribution is 2.21. The normalized spacial score (nSPS) is 12.0. The van der Waals surface area contributed by atoms with Crippen LogP contribution in [0.2, 0.25) is 0 Å². The van der Waals surface area contributed by atoms with Crippen molar-refractivity contribution < 1.29 is 18.3 Å². The third kappa shape index (κ3) is 4.47. The van der Waals surface area contributed by atoms with Crippen LogP contribution in [0.5, 0.6) is 5.75 Å². The quantitative estimate of drug-likeness (QED) is 0.385. The molecule has 0 amide bonds. The zero-order chi connectivity index (χ0) is 22.7. The summed E-state index contributed by atoms with van der Waals surface area (Å²) in [5.41, 5.74) is 1.53. The van der Waals surface area contributed by atoms with Crippen LogP contribution < -0.4 is 15.0 Å². The number of hydrogen-bond acceptors (Lipinski definition) is 6. The molecule has 0 radical (unpaired) electrons. The molecular formula is C23H19N3O5S. The van der Waals surface area contributed by atoms with Crippen molar-refractivity contribution in [3.8, 4) is 5.75 Å². The third-order valence-electron chi connectivity index (χ3n) is 4.70. The largest absolute Gasteiger partial charge is 0.507 e. The van der Waals surface area contributed by atoms with Crippen LogP contribution >= 0.6 is 0 Å². The number of aromatic nitrogens is 2. The predicted octanol–water partition coefficient (Wildman–Crippen LogP) is 3.79. The van der Waals surface area contributed by atoms with Crippen molar-refractivity contribution in [3.63, 3.8) is 0 Å². The Bertz CT molecular complexity index is 1460. The molecule has 1 heterocycles. The number of aliphatic hydroxyl groups is 1. The number of anilines is 1. The first kappa shape index (κ1) is 21.1. The minimum atomic E-state index is -3.78. The first-order chi connectivity index (χ1) is 15.4. The van der Waals surface area contributed by atoms with Crippen molar-refractivity contribution in [2.45, 2.75) is 4.90 Å². The van der Waals surface area contributed by atoms with E-state index in [2.05, 4.69) is 14.7 Å². The second kappa shape index (κ2) is 8.56. The Morgan fingerprint density at radius 1 is 1.03 bits per heavy atom. The summed E-state index contributed by atoms with van der Waals surface area (Å²) in [5, 5.41) is 10.4. The lowest BCUT2D eigenvalue weighted by Crippen LogP contribution is -2.13. The Hall–Kier alpha value is -4.11. The van der Waals surface area contributed by atoms with Gasteiger partial charge in [0.15, 0.2) is 0 Å². The van der Waals surface area contributed by atoms with Gasteiger partial charge in [-0.05, 0) is 60.7 Å². The average Bonchev–Trinajstić information content (AvgIpc) is 2.80. The number of sulfonamides is 1. The summed E-state index contributed by atoms with van der Waals surface area (Å²) in [5.74, 6) is 0.373. The maximum absolute atomic E-state index is 12.5. The maximum Gasteiger partial charge on any atom is 0.274 e. The Labute approximate surface area is 183 Å². The molecule has 0 aliphatic carbocycles. The van der Waals surface area contributed by atoms with Crippen LogP contribution in [0.1, 0.15) is 11.3 Å². The van der Waals surface area contributed by atoms with Crippen molar-refractivity contribution in [3.05, 3.63) is 94.4 Å². The van der Waals surface area contributed by atoms with E-state index < -0.39 is 15.6 Å². The lowest BCUT2D eigenvalue weighted by atomic mass is 10.1. The number of methoxy groups -OCH3 is 1. The van der Waals surface area contributed by atoms with Gasteiger partial charge in [0.2, 0.25) is 0 Å². The number of ether oxygens (including phenoxy) is 1. The van der Waals surface area contributed by atoms with Gasteiger partial charge in [-0.25, -0.2) is 13.4 Å². The number of benzene rings is 3. The maximum atomic E-state index is 12.5. The topological polar surface area (TPSA) is 121 Å². The minimum absolute atomic E-state index is 0.0606. The standard InChI is InChI=1S/C23H19N3O5S/c1-31-17-10-12-18(13-11-17)32(29,30)26-16-8-6-15(7-9-16)22(27)14-21-23(28)25-20-5-3-2-4-19(20)24-21/h2-14,26-27H,1H3,(H,25,28)/b22-14-. The SMILES string of the molecule is COc1ccc(S(=O)(=O)Nc2ccc(/C(O)=C/c3nc4ccccc4[nH]c3=O)cc2)cc1. The van der Waals surface area contributed by atoms with E-state index in [-0.39, 0.29) is 16.3 Å². The molecule has 3 aromatic carbocycles. The predicted molar refractivity (Wildman–Crippen MR) is 123 cm³/mol. The first-order valence-corrected chi connectivity index (χ1v) is 11.0. The van der Waals surface area contributed by atoms with E-state index in [0.29, 0.717) is 28.0 Å². The molecule has 0 atom stereocenters. The van der Waals surface area contributed by atoms with Gasteiger partial charge < -0.3 is 14.8 Å². The molecule has 3 N–H and O–H groups in total. The lowest BCUT2D eigenvalue weighted by molar-refractivity contribution is 0.414. The average molecular weight is 449 g/mol. The molecule has 9 heteroatoms. The zero-order valence-electron chi connectivity index (χ0n) is 16.9. The molecule has 32 heavy (non-hydrogen) atoms. The Balaban J connectivity index is 1.55. The number of nitrogens with one attached hydrogen (secondary N) is 2. The van der Waals surface area contributed by atoms with Crippen LogP contribution in [-0.4, -0.2) is 30.6 Å². The summed E-state index contributed by atoms with van der Waals surface area (Å²) in [4.78, 5) is 19.3. The monoisotopic (exact) mass is 449 g/mol. The highest BCUT2D eigenvalue weighted by atomic mass is 32.2. The number of aromatic amines is 1. The fourth-order valence-corrected chi connectivity index (χ4v) is 4.09. The molecule has 0 unspecified atom stereocenters. The summed E-state index contributed by atoms with van der Waals surface area (Å²) < 4.78 is 32.6. The van der Waals surface area contributed by atoms with E-state index in [1.54, 1.807) is 36.4 Å². The Morgan fingerprint density at radius 2 is 1.72 bits per heavy atom. The summed E-state index contributed by atoms with van der Waals surface area (Å²) >= 11 is 0. The van der Waals surface area contributed by atoms with Gasteiger partial charge in [-0.1, -0.05) is 12.1 Å². The molecule has 4 aromatic rings. The van der Waals surface area contributed by atoms with Crippen LogP contribution in [0, 0.1) is 0 Å². The van der Waals surface area contributed by atoms with Crippen molar-refractivity contribution in [1.82, 2.24) is 9.97 Å². The first-order valence-electron chi connectivity index (χ1n) is 9.53. The number of para-hydroxylation sites is 2. The highest BCUT2D eigenvalue weighted by molar-refractivity contribution is 7.92. The second-order valence-corrected chi connectivity index (χ2v) is 8.54. The van der Waals surface area contributed by atoms with Crippen molar-refractivity contribution >= 4 is 38.6 Å². The van der Waals surface area contributed by atoms with Gasteiger partial charge in [-0.3, -0.25) is 9.52 Å². The van der Waals surface area contributed by atoms with Gasteiger partial charge in [0.25, 0.3) is 15.6 Å². The molecule has 8 nitrogen and oxygen atoms in total. The fourth-order valence-electron chi connectivity index (χ4n) is 3.03. The number of H-pyrrole nitrogens is 1. The van der Waals surface area contributed by atoms with Crippen molar-refractivity contribution in [2.24, 2.45) is 0 Å². The molecule has 0 spiro atoms. The Morgan fingerprint density at radius 3 is 2.41 bits per heavy atom. The van der Waals surface area contributed by atoms with Gasteiger partial charge >= 0.3 is 0 Å². The molecule has 0 saturated carbocycles. The fraction of sp³-hybridized carbons (Fsp3) is 0.0435. The number of aliphatic hydroxyl groups excluding tert-OH is 1. The summed E-state index contributed by atoms with van der Waals surface area (Å²) in [6, 6.07) is 19.2. The van der Waals surface area contributed by atoms with Crippen LogP contribution in [0.3, 0.4) is 0 Å². The summed E-state index contributed by atoms with van der Waals surface area (Å²) in [6.45, 7) is 0. The van der Waals surface area contributed by atoms with Crippen LogP contribution in [-0.2, 0) is 10.0 Å². The van der Waals surface area contributed by atoms with Crippen LogP contribution in [0.25, 0.3) is 22.9 Å². The number of rotatable bonds is 6. The van der Waals surface area contributed by atoms with Gasteiger partial charge in [-0.15, -0.1) is 0 Å². The lowest BCUT2D eigenvalue weighted by Gasteiger charge is -2.09. The molecule has 0 aliphatic rings. The molecule has 162 valence electrons. The van der Waals surface area contributed by atoms with Gasteiger partial charge in [0.05, 0.1) is 23.0 Å². The van der Waals surface area contributed by atoms with E-state index in [9.17, 15) is 18.3 Å². The molecule has 0 bridgehead atoms. The summed E-state index contributed by atoms with van der Waals surface area (Å²) in [7, 11) is -2.29. The van der Waals surface area contributed by atoms with E-state index in [1.807, 2.05) is 0 Å². The summed E-state index contributed by atoms with van der Waals surface area (Å²) in [6.07, 6.45) is 1.27. The number of fused-ring (bicyclic) bond motifs is 1. The van der Waals surface area contributed by atoms with Crippen molar-refractivity contribution in [1.29, 1.82) is 0 Å². The van der Waals surface area contributed by atoms with Gasteiger partial charge in [0, 0.05) is 17.3 Å². The molecule has 1 aromatic heterocycles. The van der Waals surface area contributed by atoms with Gasteiger partial charge in [0.1, 0.15) is 17.2 Å². The van der Waals surface area contributed by atoms with E-state index >= 15 is 0 Å². The molecular weight excluding hydrogens is 430 g/mol. The third-order valence-corrected chi connectivity index (χ3v) is 6.10. The molecule has 0 fully saturated rings. The smallest absolute Gasteiger partial charge is 0.274 e. The van der Waals surface area contributed by atoms with Gasteiger partial charge in [-0.2, -0.15) is 0 Å². The number of hydrogen-bond donors (Lipinski definition) is 3.